The van der Waals surface area contributed by atoms with Crippen LogP contribution in [0.2, 0.25) is 5.02 Å². The molecule has 1 amide bonds. The van der Waals surface area contributed by atoms with Crippen molar-refractivity contribution in [3.63, 3.8) is 0 Å². The molecule has 0 radical (unpaired) electrons. The second-order valence-electron chi connectivity index (χ2n) is 4.85. The third-order valence-electron chi connectivity index (χ3n) is 3.20. The van der Waals surface area contributed by atoms with Gasteiger partial charge in [-0.3, -0.25) is 4.79 Å². The summed E-state index contributed by atoms with van der Waals surface area (Å²) in [4.78, 5) is 15.8. The SMILES string of the molecule is O=C(/C=C/c1nccs1)NCCc1cc(Cl)c2c(c1)OCCO2. The number of nitrogens with one attached hydrogen (secondary N) is 1. The molecule has 0 bridgehead atoms. The van der Waals surface area contributed by atoms with Gasteiger partial charge in [0.15, 0.2) is 11.5 Å². The fourth-order valence-electron chi connectivity index (χ4n) is 2.16. The van der Waals surface area contributed by atoms with Gasteiger partial charge in [-0.2, -0.15) is 0 Å². The number of fused-ring (bicyclic) bond motifs is 1. The highest BCUT2D eigenvalue weighted by Gasteiger charge is 2.16. The summed E-state index contributed by atoms with van der Waals surface area (Å²) in [6.07, 6.45) is 5.54. The predicted molar refractivity (Wildman–Crippen MR) is 90.3 cm³/mol. The van der Waals surface area contributed by atoms with Crippen LogP contribution in [-0.4, -0.2) is 30.6 Å². The highest BCUT2D eigenvalue weighted by atomic mass is 35.5. The Morgan fingerprint density at radius 1 is 1.39 bits per heavy atom. The van der Waals surface area contributed by atoms with Gasteiger partial charge in [0.1, 0.15) is 18.2 Å². The first kappa shape index (κ1) is 15.8. The molecule has 7 heteroatoms. The van der Waals surface area contributed by atoms with E-state index in [-0.39, 0.29) is 5.91 Å². The van der Waals surface area contributed by atoms with E-state index in [1.54, 1.807) is 12.3 Å². The summed E-state index contributed by atoms with van der Waals surface area (Å²) in [7, 11) is 0. The van der Waals surface area contributed by atoms with E-state index in [4.69, 9.17) is 21.1 Å². The van der Waals surface area contributed by atoms with Crippen molar-refractivity contribution < 1.29 is 14.3 Å². The van der Waals surface area contributed by atoms with Crippen molar-refractivity contribution in [1.82, 2.24) is 10.3 Å². The standard InChI is InChI=1S/C16H15ClN2O3S/c17-12-9-11(10-13-16(12)22-7-6-21-13)3-4-18-14(20)1-2-15-19-5-8-23-15/h1-2,5,8-10H,3-4,6-7H2,(H,18,20)/b2-1+. The van der Waals surface area contributed by atoms with Gasteiger partial charge in [-0.05, 0) is 30.2 Å². The van der Waals surface area contributed by atoms with Crippen LogP contribution < -0.4 is 14.8 Å². The fraction of sp³-hybridized carbons (Fsp3) is 0.250. The Morgan fingerprint density at radius 3 is 3.09 bits per heavy atom. The zero-order valence-electron chi connectivity index (χ0n) is 12.3. The van der Waals surface area contributed by atoms with E-state index < -0.39 is 0 Å². The maximum atomic E-state index is 11.7. The van der Waals surface area contributed by atoms with Crippen molar-refractivity contribution in [3.8, 4) is 11.5 Å². The molecular weight excluding hydrogens is 336 g/mol. The van der Waals surface area contributed by atoms with Gasteiger partial charge in [0.2, 0.25) is 5.91 Å². The normalized spacial score (nSPS) is 13.3. The molecule has 0 spiro atoms. The van der Waals surface area contributed by atoms with Gasteiger partial charge in [-0.25, -0.2) is 4.98 Å². The first-order valence-electron chi connectivity index (χ1n) is 7.16. The molecule has 2 heterocycles. The minimum absolute atomic E-state index is 0.149. The van der Waals surface area contributed by atoms with E-state index in [2.05, 4.69) is 10.3 Å². The van der Waals surface area contributed by atoms with Crippen LogP contribution in [0.1, 0.15) is 10.6 Å². The van der Waals surface area contributed by atoms with Crippen LogP contribution in [0, 0.1) is 0 Å². The van der Waals surface area contributed by atoms with Gasteiger partial charge in [-0.15, -0.1) is 11.3 Å². The molecule has 0 atom stereocenters. The predicted octanol–water partition coefficient (Wildman–Crippen LogP) is 2.94. The van der Waals surface area contributed by atoms with Crippen molar-refractivity contribution >= 4 is 34.9 Å². The van der Waals surface area contributed by atoms with Crippen LogP contribution in [0.5, 0.6) is 11.5 Å². The van der Waals surface area contributed by atoms with E-state index in [0.717, 1.165) is 10.6 Å². The molecule has 1 aromatic carbocycles. The Morgan fingerprint density at radius 2 is 2.26 bits per heavy atom. The quantitative estimate of drug-likeness (QED) is 0.842. The first-order chi connectivity index (χ1) is 11.2. The average Bonchev–Trinajstić information content (AvgIpc) is 3.06. The van der Waals surface area contributed by atoms with Crippen molar-refractivity contribution in [2.75, 3.05) is 19.8 Å². The zero-order valence-corrected chi connectivity index (χ0v) is 13.8. The minimum atomic E-state index is -0.149. The zero-order chi connectivity index (χ0) is 16.1. The maximum absolute atomic E-state index is 11.7. The summed E-state index contributed by atoms with van der Waals surface area (Å²) < 4.78 is 11.0. The number of carbonyl (C=O) groups excluding carboxylic acids is 1. The molecule has 0 saturated carbocycles. The Hall–Kier alpha value is -2.05. The number of hydrogen-bond donors (Lipinski definition) is 1. The highest BCUT2D eigenvalue weighted by Crippen LogP contribution is 2.38. The van der Waals surface area contributed by atoms with E-state index in [1.165, 1.54) is 17.4 Å². The van der Waals surface area contributed by atoms with Crippen LogP contribution in [0.15, 0.2) is 29.8 Å². The van der Waals surface area contributed by atoms with E-state index >= 15 is 0 Å². The average molecular weight is 351 g/mol. The van der Waals surface area contributed by atoms with E-state index in [0.29, 0.717) is 42.7 Å². The van der Waals surface area contributed by atoms with Crippen molar-refractivity contribution in [2.45, 2.75) is 6.42 Å². The molecule has 0 aliphatic carbocycles. The number of aromatic nitrogens is 1. The third kappa shape index (κ3) is 4.24. The summed E-state index contributed by atoms with van der Waals surface area (Å²) in [5.41, 5.74) is 0.989. The number of rotatable bonds is 5. The number of hydrogen-bond acceptors (Lipinski definition) is 5. The number of thiazole rings is 1. The summed E-state index contributed by atoms with van der Waals surface area (Å²) in [6, 6.07) is 3.74. The van der Waals surface area contributed by atoms with Gasteiger partial charge < -0.3 is 14.8 Å². The van der Waals surface area contributed by atoms with Gasteiger partial charge in [-0.1, -0.05) is 11.6 Å². The third-order valence-corrected chi connectivity index (χ3v) is 4.22. The van der Waals surface area contributed by atoms with E-state index in [1.807, 2.05) is 17.5 Å². The molecule has 23 heavy (non-hydrogen) atoms. The van der Waals surface area contributed by atoms with Crippen LogP contribution >= 0.6 is 22.9 Å². The summed E-state index contributed by atoms with van der Waals surface area (Å²) in [5, 5.41) is 6.03. The molecule has 1 N–H and O–H groups in total. The number of halogens is 1. The highest BCUT2D eigenvalue weighted by molar-refractivity contribution is 7.10. The van der Waals surface area contributed by atoms with Gasteiger partial charge in [0.25, 0.3) is 0 Å². The number of benzene rings is 1. The molecule has 0 fully saturated rings. The Labute approximate surface area is 142 Å². The lowest BCUT2D eigenvalue weighted by Gasteiger charge is -2.20. The molecular formula is C16H15ClN2O3S. The number of carbonyl (C=O) groups is 1. The number of amides is 1. The lowest BCUT2D eigenvalue weighted by molar-refractivity contribution is -0.116. The summed E-state index contributed by atoms with van der Waals surface area (Å²) in [5.74, 6) is 1.11. The fourth-order valence-corrected chi connectivity index (χ4v) is 2.98. The number of ether oxygens (including phenoxy) is 2. The van der Waals surface area contributed by atoms with Crippen LogP contribution in [-0.2, 0) is 11.2 Å². The van der Waals surface area contributed by atoms with Crippen LogP contribution in [0.4, 0.5) is 0 Å². The van der Waals surface area contributed by atoms with Crippen molar-refractivity contribution in [3.05, 3.63) is 45.4 Å². The molecule has 1 aliphatic rings. The van der Waals surface area contributed by atoms with Crippen molar-refractivity contribution in [1.29, 1.82) is 0 Å². The lowest BCUT2D eigenvalue weighted by atomic mass is 10.1. The lowest BCUT2D eigenvalue weighted by Crippen LogP contribution is -2.23. The van der Waals surface area contributed by atoms with Crippen LogP contribution in [0.25, 0.3) is 6.08 Å². The topological polar surface area (TPSA) is 60.5 Å². The second kappa shape index (κ2) is 7.48. The molecule has 3 rings (SSSR count). The van der Waals surface area contributed by atoms with Gasteiger partial charge >= 0.3 is 0 Å². The Kier molecular flexibility index (Phi) is 5.15. The first-order valence-corrected chi connectivity index (χ1v) is 8.41. The molecule has 0 saturated heterocycles. The van der Waals surface area contributed by atoms with Crippen molar-refractivity contribution in [2.24, 2.45) is 0 Å². The monoisotopic (exact) mass is 350 g/mol. The molecule has 0 unspecified atom stereocenters. The molecule has 2 aromatic rings. The van der Waals surface area contributed by atoms with Gasteiger partial charge in [0.05, 0.1) is 5.02 Å². The molecule has 1 aliphatic heterocycles. The Balaban J connectivity index is 1.52. The van der Waals surface area contributed by atoms with Gasteiger partial charge in [0, 0.05) is 24.2 Å². The van der Waals surface area contributed by atoms with E-state index in [9.17, 15) is 4.79 Å². The largest absolute Gasteiger partial charge is 0.486 e. The Bertz CT molecular complexity index is 716. The van der Waals surface area contributed by atoms with Crippen LogP contribution in [0.3, 0.4) is 0 Å². The summed E-state index contributed by atoms with van der Waals surface area (Å²) in [6.45, 7) is 1.54. The maximum Gasteiger partial charge on any atom is 0.244 e. The minimum Gasteiger partial charge on any atom is -0.486 e. The molecule has 120 valence electrons. The second-order valence-corrected chi connectivity index (χ2v) is 6.18. The summed E-state index contributed by atoms with van der Waals surface area (Å²) >= 11 is 7.67. The molecule has 1 aromatic heterocycles. The number of nitrogens with zero attached hydrogens (tertiary/aromatic N) is 1. The smallest absolute Gasteiger partial charge is 0.244 e. The molecule has 5 nitrogen and oxygen atoms in total.